The van der Waals surface area contributed by atoms with Crippen LogP contribution in [0.3, 0.4) is 0 Å². The minimum atomic E-state index is 0. The van der Waals surface area contributed by atoms with Gasteiger partial charge < -0.3 is 0 Å². The summed E-state index contributed by atoms with van der Waals surface area (Å²) in [6.07, 6.45) is 10.1. The van der Waals surface area contributed by atoms with Crippen LogP contribution in [-0.4, -0.2) is 0 Å². The smallest absolute Gasteiger partial charge is 0 e. The topological polar surface area (TPSA) is 0 Å². The van der Waals surface area contributed by atoms with Crippen LogP contribution < -0.4 is 0 Å². The molecule has 0 heterocycles. The standard InChI is InChI=1S/C19H25.Y/c1-13-5-7-15-14(12-13)6-8-17-16(15)9-11-19(2)10-3-4-18(17)19;/h7,12,16-18H,3-4,6,8-11H2,1-2H3;/q-1;/t16?,17?,18?,19-;/m0./s1. The molecule has 1 heteroatoms. The molecule has 0 bridgehead atoms. The number of hydrogen-bond donors (Lipinski definition) is 0. The number of benzene rings is 1. The van der Waals surface area contributed by atoms with E-state index < -0.39 is 0 Å². The minimum absolute atomic E-state index is 0. The summed E-state index contributed by atoms with van der Waals surface area (Å²) in [5, 5.41) is 0. The van der Waals surface area contributed by atoms with Gasteiger partial charge in [0.15, 0.2) is 0 Å². The normalized spacial score (nSPS) is 38.4. The maximum Gasteiger partial charge on any atom is 0 e. The van der Waals surface area contributed by atoms with Crippen LogP contribution in [-0.2, 0) is 39.1 Å². The van der Waals surface area contributed by atoms with Crippen molar-refractivity contribution < 1.29 is 32.7 Å². The van der Waals surface area contributed by atoms with Crippen LogP contribution in [0, 0.1) is 30.2 Å². The number of aryl methyl sites for hydroxylation is 2. The summed E-state index contributed by atoms with van der Waals surface area (Å²) >= 11 is 0. The van der Waals surface area contributed by atoms with Crippen molar-refractivity contribution in [3.8, 4) is 0 Å². The fourth-order valence-corrected chi connectivity index (χ4v) is 5.62. The molecule has 0 saturated heterocycles. The predicted octanol–water partition coefficient (Wildman–Crippen LogP) is 5.04. The second kappa shape index (κ2) is 5.51. The summed E-state index contributed by atoms with van der Waals surface area (Å²) in [7, 11) is 0. The molecule has 2 saturated carbocycles. The van der Waals surface area contributed by atoms with E-state index in [-0.39, 0.29) is 32.7 Å². The van der Waals surface area contributed by atoms with Gasteiger partial charge in [-0.2, -0.15) is 29.3 Å². The molecule has 20 heavy (non-hydrogen) atoms. The summed E-state index contributed by atoms with van der Waals surface area (Å²) in [5.41, 5.74) is 5.31. The first-order chi connectivity index (χ1) is 9.17. The second-order valence-corrected chi connectivity index (χ2v) is 7.60. The first-order valence-corrected chi connectivity index (χ1v) is 8.18. The van der Waals surface area contributed by atoms with Gasteiger partial charge in [0.05, 0.1) is 0 Å². The molecule has 4 rings (SSSR count). The van der Waals surface area contributed by atoms with Gasteiger partial charge in [0.1, 0.15) is 0 Å². The molecule has 0 amide bonds. The Balaban J connectivity index is 0.00000121. The monoisotopic (exact) mass is 342 g/mol. The SMILES string of the molecule is Cc1[c-]cc2c(c1)CCC1C2CC[C@]2(C)CCCC12.[Y]. The second-order valence-electron chi connectivity index (χ2n) is 7.60. The quantitative estimate of drug-likeness (QED) is 0.580. The molecule has 2 fully saturated rings. The van der Waals surface area contributed by atoms with E-state index >= 15 is 0 Å². The van der Waals surface area contributed by atoms with Crippen LogP contribution in [0.1, 0.15) is 68.1 Å². The van der Waals surface area contributed by atoms with Crippen LogP contribution in [0.25, 0.3) is 0 Å². The van der Waals surface area contributed by atoms with Crippen LogP contribution in [0.5, 0.6) is 0 Å². The molecule has 0 aliphatic heterocycles. The van der Waals surface area contributed by atoms with Crippen molar-refractivity contribution in [1.82, 2.24) is 0 Å². The Morgan fingerprint density at radius 3 is 2.90 bits per heavy atom. The van der Waals surface area contributed by atoms with Gasteiger partial charge >= 0.3 is 0 Å². The summed E-state index contributed by atoms with van der Waals surface area (Å²) in [6.45, 7) is 4.76. The van der Waals surface area contributed by atoms with Crippen LogP contribution >= 0.6 is 0 Å². The Kier molecular flexibility index (Phi) is 4.19. The van der Waals surface area contributed by atoms with E-state index in [2.05, 4.69) is 32.0 Å². The van der Waals surface area contributed by atoms with Gasteiger partial charge in [-0.25, -0.2) is 0 Å². The molecule has 1 aromatic carbocycles. The van der Waals surface area contributed by atoms with Crippen molar-refractivity contribution in [2.75, 3.05) is 0 Å². The Labute approximate surface area is 149 Å². The third kappa shape index (κ3) is 2.26. The molecule has 0 spiro atoms. The maximum absolute atomic E-state index is 3.46. The average Bonchev–Trinajstić information content (AvgIpc) is 2.79. The molecule has 0 nitrogen and oxygen atoms in total. The Hall–Kier alpha value is 0.324. The largest absolute Gasteiger partial charge is 0.180 e. The van der Waals surface area contributed by atoms with Gasteiger partial charge in [-0.3, -0.25) is 0 Å². The zero-order chi connectivity index (χ0) is 13.0. The van der Waals surface area contributed by atoms with Crippen LogP contribution in [0.15, 0.2) is 12.1 Å². The molecule has 4 atom stereocenters. The molecular weight excluding hydrogens is 317 g/mol. The number of rotatable bonds is 0. The number of hydrogen-bond acceptors (Lipinski definition) is 0. The fraction of sp³-hybridized carbons (Fsp3) is 0.684. The molecule has 3 aliphatic carbocycles. The van der Waals surface area contributed by atoms with Gasteiger partial charge in [-0.05, 0) is 49.4 Å². The molecule has 0 N–H and O–H groups in total. The number of fused-ring (bicyclic) bond motifs is 5. The molecule has 0 aromatic heterocycles. The fourth-order valence-electron chi connectivity index (χ4n) is 5.62. The minimum Gasteiger partial charge on any atom is -0.180 e. The molecular formula is C19H25Y-. The van der Waals surface area contributed by atoms with Crippen LogP contribution in [0.2, 0.25) is 0 Å². The van der Waals surface area contributed by atoms with E-state index in [4.69, 9.17) is 0 Å². The summed E-state index contributed by atoms with van der Waals surface area (Å²) in [5.74, 6) is 2.85. The van der Waals surface area contributed by atoms with Crippen molar-refractivity contribution >= 4 is 0 Å². The molecule has 3 unspecified atom stereocenters. The Morgan fingerprint density at radius 2 is 2.05 bits per heavy atom. The van der Waals surface area contributed by atoms with Gasteiger partial charge in [-0.15, -0.1) is 5.56 Å². The Bertz CT molecular complexity index is 506. The first kappa shape index (κ1) is 15.2. The summed E-state index contributed by atoms with van der Waals surface area (Å²) in [4.78, 5) is 0. The van der Waals surface area contributed by atoms with E-state index in [1.807, 2.05) is 0 Å². The molecule has 3 aliphatic rings. The average molecular weight is 342 g/mol. The van der Waals surface area contributed by atoms with E-state index in [1.54, 1.807) is 11.1 Å². The van der Waals surface area contributed by atoms with Gasteiger partial charge in [0.2, 0.25) is 0 Å². The van der Waals surface area contributed by atoms with E-state index in [0.29, 0.717) is 5.41 Å². The van der Waals surface area contributed by atoms with Gasteiger partial charge in [-0.1, -0.05) is 32.6 Å². The zero-order valence-electron chi connectivity index (χ0n) is 12.9. The predicted molar refractivity (Wildman–Crippen MR) is 79.2 cm³/mol. The zero-order valence-corrected chi connectivity index (χ0v) is 15.8. The van der Waals surface area contributed by atoms with Gasteiger partial charge in [0, 0.05) is 32.7 Å². The summed E-state index contributed by atoms with van der Waals surface area (Å²) < 4.78 is 0. The van der Waals surface area contributed by atoms with Gasteiger partial charge in [0.25, 0.3) is 0 Å². The van der Waals surface area contributed by atoms with E-state index in [9.17, 15) is 0 Å². The first-order valence-electron chi connectivity index (χ1n) is 8.18. The third-order valence-electron chi connectivity index (χ3n) is 6.58. The van der Waals surface area contributed by atoms with Crippen LogP contribution in [0.4, 0.5) is 0 Å². The maximum atomic E-state index is 3.46. The van der Waals surface area contributed by atoms with Crippen molar-refractivity contribution in [2.45, 2.75) is 64.7 Å². The summed E-state index contributed by atoms with van der Waals surface area (Å²) in [6, 6.07) is 8.19. The third-order valence-corrected chi connectivity index (χ3v) is 6.58. The van der Waals surface area contributed by atoms with Crippen molar-refractivity contribution in [3.63, 3.8) is 0 Å². The van der Waals surface area contributed by atoms with Crippen molar-refractivity contribution in [1.29, 1.82) is 0 Å². The van der Waals surface area contributed by atoms with Crippen molar-refractivity contribution in [3.05, 3.63) is 34.9 Å². The van der Waals surface area contributed by atoms with Crippen molar-refractivity contribution in [2.24, 2.45) is 17.3 Å². The Morgan fingerprint density at radius 1 is 1.20 bits per heavy atom. The van der Waals surface area contributed by atoms with E-state index in [0.717, 1.165) is 17.8 Å². The van der Waals surface area contributed by atoms with E-state index in [1.165, 1.54) is 50.5 Å². The molecule has 105 valence electrons. The molecule has 1 aromatic rings. The molecule has 1 radical (unpaired) electrons.